The van der Waals surface area contributed by atoms with Crippen LogP contribution in [0.2, 0.25) is 0 Å². The van der Waals surface area contributed by atoms with Crippen molar-refractivity contribution < 1.29 is 14.3 Å². The van der Waals surface area contributed by atoms with Gasteiger partial charge in [-0.2, -0.15) is 0 Å². The number of nitrogen functional groups attached to an aromatic ring is 1. The fourth-order valence-electron chi connectivity index (χ4n) is 1.42. The normalized spacial score (nSPS) is 9.95. The van der Waals surface area contributed by atoms with E-state index in [9.17, 15) is 9.59 Å². The maximum atomic E-state index is 11.4. The molecule has 0 radical (unpaired) electrons. The Morgan fingerprint density at radius 2 is 2.11 bits per heavy atom. The van der Waals surface area contributed by atoms with Crippen LogP contribution < -0.4 is 22.1 Å². The van der Waals surface area contributed by atoms with Gasteiger partial charge >= 0.3 is 0 Å². The minimum atomic E-state index is -0.606. The lowest BCUT2D eigenvalue weighted by atomic mass is 10.1. The number of benzene rings is 1. The quantitative estimate of drug-likeness (QED) is 0.393. The molecule has 0 aromatic heterocycles. The molecule has 0 aliphatic rings. The minimum Gasteiger partial charge on any atom is -0.398 e. The first-order valence-corrected chi connectivity index (χ1v) is 5.73. The van der Waals surface area contributed by atoms with E-state index in [0.29, 0.717) is 24.5 Å². The maximum absolute atomic E-state index is 11.4. The van der Waals surface area contributed by atoms with E-state index < -0.39 is 5.91 Å². The molecule has 0 heterocycles. The molecule has 0 saturated carbocycles. The summed E-state index contributed by atoms with van der Waals surface area (Å²) in [6.45, 7) is 0.997. The summed E-state index contributed by atoms with van der Waals surface area (Å²) in [4.78, 5) is 22.5. The molecule has 1 aromatic carbocycles. The molecule has 19 heavy (non-hydrogen) atoms. The monoisotopic (exact) mass is 266 g/mol. The Balaban J connectivity index is 2.51. The van der Waals surface area contributed by atoms with E-state index in [1.807, 2.05) is 0 Å². The van der Waals surface area contributed by atoms with Gasteiger partial charge in [-0.25, -0.2) is 0 Å². The number of carbonyl (C=O) groups excluding carboxylic acids is 2. The van der Waals surface area contributed by atoms with Crippen molar-refractivity contribution >= 4 is 23.2 Å². The molecule has 0 aliphatic heterocycles. The summed E-state index contributed by atoms with van der Waals surface area (Å²) in [6.07, 6.45) is 0. The van der Waals surface area contributed by atoms with Gasteiger partial charge in [0.05, 0.1) is 18.7 Å². The molecule has 0 unspecified atom stereocenters. The van der Waals surface area contributed by atoms with Crippen molar-refractivity contribution in [2.24, 2.45) is 5.73 Å². The standard InChI is InChI=1S/C12H18N4O3/c1-19-5-4-15-11(17)7-16-8-2-3-10(13)9(6-8)12(14)18/h2-3,6,16H,4-5,7,13H2,1H3,(H2,14,18)(H,15,17). The van der Waals surface area contributed by atoms with Gasteiger partial charge in [0.25, 0.3) is 5.91 Å². The van der Waals surface area contributed by atoms with Crippen LogP contribution in [-0.2, 0) is 9.53 Å². The van der Waals surface area contributed by atoms with Gasteiger partial charge in [0.2, 0.25) is 5.91 Å². The second-order valence-corrected chi connectivity index (χ2v) is 3.86. The van der Waals surface area contributed by atoms with Crippen LogP contribution in [0.4, 0.5) is 11.4 Å². The van der Waals surface area contributed by atoms with Crippen molar-refractivity contribution in [3.05, 3.63) is 23.8 Å². The molecule has 0 bridgehead atoms. The predicted molar refractivity (Wildman–Crippen MR) is 72.7 cm³/mol. The van der Waals surface area contributed by atoms with E-state index in [4.69, 9.17) is 16.2 Å². The summed E-state index contributed by atoms with van der Waals surface area (Å²) in [5.41, 5.74) is 11.9. The summed E-state index contributed by atoms with van der Waals surface area (Å²) >= 11 is 0. The van der Waals surface area contributed by atoms with Gasteiger partial charge in [-0.3, -0.25) is 9.59 Å². The molecule has 0 saturated heterocycles. The van der Waals surface area contributed by atoms with Gasteiger partial charge in [0, 0.05) is 25.0 Å². The van der Waals surface area contributed by atoms with Gasteiger partial charge in [-0.1, -0.05) is 0 Å². The van der Waals surface area contributed by atoms with E-state index in [-0.39, 0.29) is 18.0 Å². The Morgan fingerprint density at radius 1 is 1.37 bits per heavy atom. The van der Waals surface area contributed by atoms with E-state index in [1.54, 1.807) is 19.2 Å². The van der Waals surface area contributed by atoms with E-state index in [1.165, 1.54) is 6.07 Å². The van der Waals surface area contributed by atoms with Crippen molar-refractivity contribution in [1.29, 1.82) is 0 Å². The van der Waals surface area contributed by atoms with Crippen LogP contribution in [-0.4, -0.2) is 38.6 Å². The number of nitrogens with one attached hydrogen (secondary N) is 2. The van der Waals surface area contributed by atoms with Crippen molar-refractivity contribution in [2.45, 2.75) is 0 Å². The van der Waals surface area contributed by atoms with Crippen LogP contribution in [0.15, 0.2) is 18.2 Å². The number of ether oxygens (including phenoxy) is 1. The molecule has 7 nitrogen and oxygen atoms in total. The molecule has 104 valence electrons. The van der Waals surface area contributed by atoms with Crippen molar-refractivity contribution in [3.8, 4) is 0 Å². The number of primary amides is 1. The Hall–Kier alpha value is -2.28. The molecule has 1 aromatic rings. The number of nitrogens with two attached hydrogens (primary N) is 2. The number of methoxy groups -OCH3 is 1. The first-order chi connectivity index (χ1) is 9.04. The van der Waals surface area contributed by atoms with Gasteiger partial charge in [0.1, 0.15) is 0 Å². The molecule has 0 aliphatic carbocycles. The lowest BCUT2D eigenvalue weighted by molar-refractivity contribution is -0.119. The number of hydrogen-bond acceptors (Lipinski definition) is 5. The highest BCUT2D eigenvalue weighted by Crippen LogP contribution is 2.16. The lowest BCUT2D eigenvalue weighted by Gasteiger charge is -2.09. The number of amides is 2. The van der Waals surface area contributed by atoms with Crippen LogP contribution in [0, 0.1) is 0 Å². The minimum absolute atomic E-state index is 0.0891. The molecule has 0 atom stereocenters. The second-order valence-electron chi connectivity index (χ2n) is 3.86. The maximum Gasteiger partial charge on any atom is 0.250 e. The summed E-state index contributed by atoms with van der Waals surface area (Å²) in [6, 6.07) is 4.75. The highest BCUT2D eigenvalue weighted by molar-refractivity contribution is 5.99. The molecule has 6 N–H and O–H groups in total. The van der Waals surface area contributed by atoms with Gasteiger partial charge in [-0.15, -0.1) is 0 Å². The third-order valence-electron chi connectivity index (χ3n) is 2.40. The van der Waals surface area contributed by atoms with Crippen LogP contribution in [0.1, 0.15) is 10.4 Å². The average Bonchev–Trinajstić information content (AvgIpc) is 2.37. The number of hydrogen-bond donors (Lipinski definition) is 4. The zero-order chi connectivity index (χ0) is 14.3. The van der Waals surface area contributed by atoms with E-state index in [2.05, 4.69) is 10.6 Å². The predicted octanol–water partition coefficient (Wildman–Crippen LogP) is -0.458. The fourth-order valence-corrected chi connectivity index (χ4v) is 1.42. The largest absolute Gasteiger partial charge is 0.398 e. The van der Waals surface area contributed by atoms with Crippen molar-refractivity contribution in [2.75, 3.05) is 37.9 Å². The van der Waals surface area contributed by atoms with E-state index >= 15 is 0 Å². The molecule has 2 amide bonds. The summed E-state index contributed by atoms with van der Waals surface area (Å²) < 4.78 is 4.81. The Bertz CT molecular complexity index is 462. The van der Waals surface area contributed by atoms with Gasteiger partial charge in [0.15, 0.2) is 0 Å². The highest BCUT2D eigenvalue weighted by atomic mass is 16.5. The molecular weight excluding hydrogens is 248 g/mol. The lowest BCUT2D eigenvalue weighted by Crippen LogP contribution is -2.32. The van der Waals surface area contributed by atoms with Crippen LogP contribution in [0.3, 0.4) is 0 Å². The fraction of sp³-hybridized carbons (Fsp3) is 0.333. The zero-order valence-corrected chi connectivity index (χ0v) is 10.7. The average molecular weight is 266 g/mol. The Kier molecular flexibility index (Phi) is 5.62. The zero-order valence-electron chi connectivity index (χ0n) is 10.7. The topological polar surface area (TPSA) is 119 Å². The van der Waals surface area contributed by atoms with Crippen LogP contribution in [0.5, 0.6) is 0 Å². The number of rotatable bonds is 7. The summed E-state index contributed by atoms with van der Waals surface area (Å²) in [5.74, 6) is -0.778. The SMILES string of the molecule is COCCNC(=O)CNc1ccc(N)c(C(N)=O)c1. The third-order valence-corrected chi connectivity index (χ3v) is 2.40. The second kappa shape index (κ2) is 7.22. The van der Waals surface area contributed by atoms with Crippen LogP contribution >= 0.6 is 0 Å². The number of carbonyl (C=O) groups is 2. The molecule has 0 fully saturated rings. The Labute approximate surface area is 111 Å². The smallest absolute Gasteiger partial charge is 0.250 e. The number of anilines is 2. The molecule has 1 rings (SSSR count). The van der Waals surface area contributed by atoms with E-state index in [0.717, 1.165) is 0 Å². The molecular formula is C12H18N4O3. The van der Waals surface area contributed by atoms with Crippen LogP contribution in [0.25, 0.3) is 0 Å². The first-order valence-electron chi connectivity index (χ1n) is 5.73. The molecule has 0 spiro atoms. The Morgan fingerprint density at radius 3 is 2.74 bits per heavy atom. The van der Waals surface area contributed by atoms with Gasteiger partial charge < -0.3 is 26.8 Å². The molecule has 7 heteroatoms. The van der Waals surface area contributed by atoms with Crippen molar-refractivity contribution in [3.63, 3.8) is 0 Å². The summed E-state index contributed by atoms with van der Waals surface area (Å²) in [5, 5.41) is 5.54. The van der Waals surface area contributed by atoms with Crippen molar-refractivity contribution in [1.82, 2.24) is 5.32 Å². The highest BCUT2D eigenvalue weighted by Gasteiger charge is 2.07. The summed E-state index contributed by atoms with van der Waals surface area (Å²) in [7, 11) is 1.56. The van der Waals surface area contributed by atoms with Gasteiger partial charge in [-0.05, 0) is 18.2 Å². The third kappa shape index (κ3) is 4.84. The first kappa shape index (κ1) is 14.8.